The van der Waals surface area contributed by atoms with Crippen molar-refractivity contribution in [3.05, 3.63) is 35.1 Å². The van der Waals surface area contributed by atoms with Crippen LogP contribution in [0.5, 0.6) is 0 Å². The lowest BCUT2D eigenvalue weighted by Crippen LogP contribution is -2.52. The average Bonchev–Trinajstić information content (AvgIpc) is 2.76. The van der Waals surface area contributed by atoms with Crippen LogP contribution < -0.4 is 11.3 Å². The van der Waals surface area contributed by atoms with Crippen LogP contribution in [-0.2, 0) is 11.2 Å². The molecule has 3 N–H and O–H groups in total. The molecule has 1 aliphatic rings. The Balaban J connectivity index is 2.15. The summed E-state index contributed by atoms with van der Waals surface area (Å²) in [6.07, 6.45) is 2.82. The van der Waals surface area contributed by atoms with Crippen molar-refractivity contribution >= 4 is 0 Å². The number of benzene rings is 1. The van der Waals surface area contributed by atoms with Crippen molar-refractivity contribution in [3.63, 3.8) is 0 Å². The monoisotopic (exact) mass is 252 g/mol. The van der Waals surface area contributed by atoms with E-state index in [1.165, 1.54) is 6.07 Å². The van der Waals surface area contributed by atoms with E-state index < -0.39 is 0 Å². The van der Waals surface area contributed by atoms with Crippen molar-refractivity contribution in [2.75, 3.05) is 6.61 Å². The summed E-state index contributed by atoms with van der Waals surface area (Å²) >= 11 is 0. The Morgan fingerprint density at radius 3 is 2.89 bits per heavy atom. The Labute approximate surface area is 107 Å². The minimum atomic E-state index is -0.227. The Hall–Kier alpha value is -0.970. The molecule has 1 saturated heterocycles. The summed E-state index contributed by atoms with van der Waals surface area (Å²) in [7, 11) is 0. The largest absolute Gasteiger partial charge is 0.374 e. The van der Waals surface area contributed by atoms with Crippen molar-refractivity contribution < 1.29 is 9.13 Å². The lowest BCUT2D eigenvalue weighted by atomic mass is 9.87. The SMILES string of the molecule is Cc1cc(F)ccc1CC(NN)C1(C)CCCO1. The van der Waals surface area contributed by atoms with Gasteiger partial charge in [0.05, 0.1) is 11.6 Å². The van der Waals surface area contributed by atoms with Gasteiger partial charge in [-0.15, -0.1) is 0 Å². The predicted octanol–water partition coefficient (Wildman–Crippen LogP) is 2.08. The van der Waals surface area contributed by atoms with Gasteiger partial charge in [-0.05, 0) is 56.4 Å². The smallest absolute Gasteiger partial charge is 0.123 e. The zero-order valence-electron chi connectivity index (χ0n) is 11.0. The Kier molecular flexibility index (Phi) is 4.00. The molecular formula is C14H21FN2O. The van der Waals surface area contributed by atoms with Crippen molar-refractivity contribution in [3.8, 4) is 0 Å². The molecule has 2 atom stereocenters. The van der Waals surface area contributed by atoms with E-state index in [9.17, 15) is 4.39 Å². The van der Waals surface area contributed by atoms with E-state index in [0.717, 1.165) is 37.0 Å². The zero-order valence-corrected chi connectivity index (χ0v) is 11.0. The lowest BCUT2D eigenvalue weighted by Gasteiger charge is -2.33. The fourth-order valence-electron chi connectivity index (χ4n) is 2.63. The molecule has 0 amide bonds. The Morgan fingerprint density at radius 2 is 2.33 bits per heavy atom. The first-order valence-corrected chi connectivity index (χ1v) is 6.40. The molecule has 1 aromatic rings. The lowest BCUT2D eigenvalue weighted by molar-refractivity contribution is -0.0115. The predicted molar refractivity (Wildman–Crippen MR) is 69.5 cm³/mol. The molecule has 1 fully saturated rings. The molecule has 0 saturated carbocycles. The Bertz CT molecular complexity index is 416. The van der Waals surface area contributed by atoms with E-state index in [1.807, 2.05) is 13.0 Å². The topological polar surface area (TPSA) is 47.3 Å². The first kappa shape index (κ1) is 13.5. The van der Waals surface area contributed by atoms with Crippen molar-refractivity contribution in [2.45, 2.75) is 44.8 Å². The number of hydrogen-bond acceptors (Lipinski definition) is 3. The molecule has 2 rings (SSSR count). The highest BCUT2D eigenvalue weighted by Gasteiger charge is 2.37. The standard InChI is InChI=1S/C14H21FN2O/c1-10-8-12(15)5-4-11(10)9-13(17-16)14(2)6-3-7-18-14/h4-5,8,13,17H,3,6-7,9,16H2,1-2H3. The third-order valence-electron chi connectivity index (χ3n) is 3.92. The zero-order chi connectivity index (χ0) is 13.2. The van der Waals surface area contributed by atoms with Gasteiger partial charge in [-0.1, -0.05) is 6.07 Å². The molecule has 1 aliphatic heterocycles. The van der Waals surface area contributed by atoms with Gasteiger partial charge in [0.2, 0.25) is 0 Å². The first-order valence-electron chi connectivity index (χ1n) is 6.40. The highest BCUT2D eigenvalue weighted by Crippen LogP contribution is 2.30. The number of nitrogens with one attached hydrogen (secondary N) is 1. The highest BCUT2D eigenvalue weighted by molar-refractivity contribution is 5.28. The number of aryl methyl sites for hydroxylation is 1. The van der Waals surface area contributed by atoms with Gasteiger partial charge >= 0.3 is 0 Å². The molecule has 0 radical (unpaired) electrons. The minimum Gasteiger partial charge on any atom is -0.374 e. The second-order valence-electron chi connectivity index (χ2n) is 5.26. The second-order valence-corrected chi connectivity index (χ2v) is 5.26. The van der Waals surface area contributed by atoms with Crippen LogP contribution in [0.2, 0.25) is 0 Å². The molecule has 4 heteroatoms. The second kappa shape index (κ2) is 5.34. The maximum Gasteiger partial charge on any atom is 0.123 e. The molecule has 18 heavy (non-hydrogen) atoms. The third kappa shape index (κ3) is 2.71. The van der Waals surface area contributed by atoms with E-state index in [0.29, 0.717) is 0 Å². The van der Waals surface area contributed by atoms with Crippen LogP contribution in [-0.4, -0.2) is 18.2 Å². The molecule has 100 valence electrons. The molecule has 0 bridgehead atoms. The average molecular weight is 252 g/mol. The molecule has 2 unspecified atom stereocenters. The van der Waals surface area contributed by atoms with Crippen molar-refractivity contribution in [1.29, 1.82) is 0 Å². The highest BCUT2D eigenvalue weighted by atomic mass is 19.1. The molecule has 0 aliphatic carbocycles. The number of nitrogens with two attached hydrogens (primary N) is 1. The van der Waals surface area contributed by atoms with E-state index in [-0.39, 0.29) is 17.5 Å². The molecule has 0 spiro atoms. The minimum absolute atomic E-state index is 0.0455. The van der Waals surface area contributed by atoms with Crippen molar-refractivity contribution in [1.82, 2.24) is 5.43 Å². The van der Waals surface area contributed by atoms with Gasteiger partial charge in [0.25, 0.3) is 0 Å². The summed E-state index contributed by atoms with van der Waals surface area (Å²) in [6.45, 7) is 4.80. The molecule has 0 aromatic heterocycles. The molecular weight excluding hydrogens is 231 g/mol. The van der Waals surface area contributed by atoms with Gasteiger partial charge in [0.1, 0.15) is 5.82 Å². The molecule has 1 aromatic carbocycles. The summed E-state index contributed by atoms with van der Waals surface area (Å²) in [6, 6.07) is 4.92. The number of rotatable bonds is 4. The van der Waals surface area contributed by atoms with Crippen LogP contribution in [0.25, 0.3) is 0 Å². The van der Waals surface area contributed by atoms with E-state index in [2.05, 4.69) is 12.3 Å². The summed E-state index contributed by atoms with van der Waals surface area (Å²) < 4.78 is 18.9. The number of hydrazine groups is 1. The van der Waals surface area contributed by atoms with Crippen LogP contribution in [0.3, 0.4) is 0 Å². The number of hydrogen-bond donors (Lipinski definition) is 2. The third-order valence-corrected chi connectivity index (χ3v) is 3.92. The maximum atomic E-state index is 13.1. The molecule has 1 heterocycles. The summed E-state index contributed by atoms with van der Waals surface area (Å²) in [5.74, 6) is 5.46. The maximum absolute atomic E-state index is 13.1. The van der Waals surface area contributed by atoms with Gasteiger partial charge in [-0.25, -0.2) is 4.39 Å². The summed E-state index contributed by atoms with van der Waals surface area (Å²) in [5.41, 5.74) is 4.69. The van der Waals surface area contributed by atoms with E-state index in [4.69, 9.17) is 10.6 Å². The van der Waals surface area contributed by atoms with Crippen LogP contribution >= 0.6 is 0 Å². The van der Waals surface area contributed by atoms with Crippen LogP contribution in [0.1, 0.15) is 30.9 Å². The fourth-order valence-corrected chi connectivity index (χ4v) is 2.63. The summed E-state index contributed by atoms with van der Waals surface area (Å²) in [4.78, 5) is 0. The van der Waals surface area contributed by atoms with Gasteiger partial charge in [-0.2, -0.15) is 0 Å². The fraction of sp³-hybridized carbons (Fsp3) is 0.571. The van der Waals surface area contributed by atoms with E-state index in [1.54, 1.807) is 6.07 Å². The quantitative estimate of drug-likeness (QED) is 0.637. The Morgan fingerprint density at radius 1 is 1.56 bits per heavy atom. The summed E-state index contributed by atoms with van der Waals surface area (Å²) in [5, 5.41) is 0. The first-order chi connectivity index (χ1) is 8.55. The van der Waals surface area contributed by atoms with Gasteiger partial charge in [-0.3, -0.25) is 11.3 Å². The normalized spacial score (nSPS) is 25.3. The van der Waals surface area contributed by atoms with Gasteiger partial charge in [0, 0.05) is 6.61 Å². The van der Waals surface area contributed by atoms with Crippen LogP contribution in [0.4, 0.5) is 4.39 Å². The van der Waals surface area contributed by atoms with Gasteiger partial charge < -0.3 is 4.74 Å². The number of halogens is 1. The van der Waals surface area contributed by atoms with Crippen molar-refractivity contribution in [2.24, 2.45) is 5.84 Å². The number of ether oxygens (including phenoxy) is 1. The van der Waals surface area contributed by atoms with E-state index >= 15 is 0 Å². The molecule has 3 nitrogen and oxygen atoms in total. The van der Waals surface area contributed by atoms with Crippen LogP contribution in [0.15, 0.2) is 18.2 Å². The van der Waals surface area contributed by atoms with Crippen LogP contribution in [0, 0.1) is 12.7 Å². The van der Waals surface area contributed by atoms with Gasteiger partial charge in [0.15, 0.2) is 0 Å².